The van der Waals surface area contributed by atoms with Crippen LogP contribution in [0.5, 0.6) is 5.88 Å². The lowest BCUT2D eigenvalue weighted by Crippen LogP contribution is -2.35. The highest BCUT2D eigenvalue weighted by molar-refractivity contribution is 5.22. The van der Waals surface area contributed by atoms with Crippen LogP contribution in [0.1, 0.15) is 18.1 Å². The molecule has 2 N–H and O–H groups in total. The highest BCUT2D eigenvalue weighted by Gasteiger charge is 2.21. The molecule has 0 radical (unpaired) electrons. The number of hydrogen-bond acceptors (Lipinski definition) is 4. The molecule has 0 aliphatic carbocycles. The maximum atomic E-state index is 10.5. The van der Waals surface area contributed by atoms with Gasteiger partial charge in [0.1, 0.15) is 0 Å². The van der Waals surface area contributed by atoms with Gasteiger partial charge in [-0.05, 0) is 24.1 Å². The van der Waals surface area contributed by atoms with E-state index in [0.717, 1.165) is 11.1 Å². The Morgan fingerprint density at radius 2 is 2.00 bits per heavy atom. The molecule has 0 aliphatic heterocycles. The number of benzene rings is 1. The Morgan fingerprint density at radius 1 is 1.25 bits per heavy atom. The first-order valence-corrected chi connectivity index (χ1v) is 6.59. The van der Waals surface area contributed by atoms with E-state index < -0.39 is 5.60 Å². The quantitative estimate of drug-likeness (QED) is 0.845. The number of rotatable bonds is 6. The summed E-state index contributed by atoms with van der Waals surface area (Å²) >= 11 is 0. The second-order valence-electron chi connectivity index (χ2n) is 4.95. The van der Waals surface area contributed by atoms with Crippen LogP contribution in [0.3, 0.4) is 0 Å². The summed E-state index contributed by atoms with van der Waals surface area (Å²) in [4.78, 5) is 4.06. The molecular formula is C16H20N2O2. The largest absolute Gasteiger partial charge is 0.481 e. The molecule has 0 fully saturated rings. The first kappa shape index (κ1) is 14.5. The topological polar surface area (TPSA) is 54.4 Å². The molecule has 2 aromatic rings. The zero-order chi connectivity index (χ0) is 14.4. The Labute approximate surface area is 119 Å². The molecule has 1 atom stereocenters. The lowest BCUT2D eigenvalue weighted by atomic mass is 9.96. The molecule has 4 nitrogen and oxygen atoms in total. The Hall–Kier alpha value is -1.91. The van der Waals surface area contributed by atoms with Gasteiger partial charge >= 0.3 is 0 Å². The molecule has 1 aromatic carbocycles. The van der Waals surface area contributed by atoms with Crippen LogP contribution in [-0.4, -0.2) is 23.7 Å². The second kappa shape index (κ2) is 6.50. The lowest BCUT2D eigenvalue weighted by molar-refractivity contribution is 0.0567. The molecule has 1 aromatic heterocycles. The number of aliphatic hydroxyl groups is 1. The standard InChI is InChI=1S/C16H20N2O2/c1-16(19,14-6-4-3-5-7-14)12-17-11-13-8-9-18-15(10-13)20-2/h3-10,17,19H,11-12H2,1-2H3. The van der Waals surface area contributed by atoms with Crippen molar-refractivity contribution < 1.29 is 9.84 Å². The van der Waals surface area contributed by atoms with Crippen LogP contribution < -0.4 is 10.1 Å². The summed E-state index contributed by atoms with van der Waals surface area (Å²) in [5, 5.41) is 13.7. The third-order valence-electron chi connectivity index (χ3n) is 3.20. The Bertz CT molecular complexity index is 541. The van der Waals surface area contributed by atoms with Gasteiger partial charge in [0, 0.05) is 25.4 Å². The van der Waals surface area contributed by atoms with Crippen molar-refractivity contribution in [1.82, 2.24) is 10.3 Å². The van der Waals surface area contributed by atoms with Crippen molar-refractivity contribution in [3.63, 3.8) is 0 Å². The third kappa shape index (κ3) is 3.79. The third-order valence-corrected chi connectivity index (χ3v) is 3.20. The van der Waals surface area contributed by atoms with Crippen molar-refractivity contribution in [2.45, 2.75) is 19.1 Å². The van der Waals surface area contributed by atoms with E-state index in [4.69, 9.17) is 4.74 Å². The molecule has 0 spiro atoms. The zero-order valence-corrected chi connectivity index (χ0v) is 11.8. The fourth-order valence-electron chi connectivity index (χ4n) is 2.02. The zero-order valence-electron chi connectivity index (χ0n) is 11.8. The van der Waals surface area contributed by atoms with Crippen molar-refractivity contribution in [2.24, 2.45) is 0 Å². The summed E-state index contributed by atoms with van der Waals surface area (Å²) in [6.45, 7) is 2.94. The van der Waals surface area contributed by atoms with Gasteiger partial charge in [-0.2, -0.15) is 0 Å². The normalized spacial score (nSPS) is 13.8. The van der Waals surface area contributed by atoms with Crippen molar-refractivity contribution in [2.75, 3.05) is 13.7 Å². The predicted molar refractivity (Wildman–Crippen MR) is 78.5 cm³/mol. The van der Waals surface area contributed by atoms with Gasteiger partial charge in [-0.3, -0.25) is 0 Å². The second-order valence-corrected chi connectivity index (χ2v) is 4.95. The minimum Gasteiger partial charge on any atom is -0.481 e. The number of hydrogen-bond donors (Lipinski definition) is 2. The molecule has 4 heteroatoms. The molecule has 1 unspecified atom stereocenters. The van der Waals surface area contributed by atoms with Crippen LogP contribution in [0, 0.1) is 0 Å². The van der Waals surface area contributed by atoms with Crippen LogP contribution in [-0.2, 0) is 12.1 Å². The maximum absolute atomic E-state index is 10.5. The van der Waals surface area contributed by atoms with E-state index in [2.05, 4.69) is 10.3 Å². The van der Waals surface area contributed by atoms with Crippen LogP contribution in [0.15, 0.2) is 48.7 Å². The van der Waals surface area contributed by atoms with Crippen LogP contribution in [0.25, 0.3) is 0 Å². The molecule has 0 amide bonds. The molecule has 106 valence electrons. The van der Waals surface area contributed by atoms with E-state index in [-0.39, 0.29) is 0 Å². The van der Waals surface area contributed by atoms with E-state index in [1.165, 1.54) is 0 Å². The predicted octanol–water partition coefficient (Wildman–Crippen LogP) is 2.09. The highest BCUT2D eigenvalue weighted by Crippen LogP contribution is 2.19. The van der Waals surface area contributed by atoms with Gasteiger partial charge < -0.3 is 15.2 Å². The molecule has 0 bridgehead atoms. The summed E-state index contributed by atoms with van der Waals surface area (Å²) < 4.78 is 5.08. The van der Waals surface area contributed by atoms with Crippen LogP contribution in [0.2, 0.25) is 0 Å². The number of nitrogens with zero attached hydrogens (tertiary/aromatic N) is 1. The maximum Gasteiger partial charge on any atom is 0.213 e. The lowest BCUT2D eigenvalue weighted by Gasteiger charge is -2.24. The van der Waals surface area contributed by atoms with Gasteiger partial charge in [-0.15, -0.1) is 0 Å². The monoisotopic (exact) mass is 272 g/mol. The van der Waals surface area contributed by atoms with E-state index >= 15 is 0 Å². The highest BCUT2D eigenvalue weighted by atomic mass is 16.5. The van der Waals surface area contributed by atoms with Crippen molar-refractivity contribution in [3.8, 4) is 5.88 Å². The fraction of sp³-hybridized carbons (Fsp3) is 0.312. The average molecular weight is 272 g/mol. The number of methoxy groups -OCH3 is 1. The molecule has 0 saturated carbocycles. The molecule has 2 rings (SSSR count). The Kier molecular flexibility index (Phi) is 4.71. The summed E-state index contributed by atoms with van der Waals surface area (Å²) in [6, 6.07) is 13.5. The summed E-state index contributed by atoms with van der Waals surface area (Å²) in [5.41, 5.74) is 1.08. The van der Waals surface area contributed by atoms with Gasteiger partial charge in [0.05, 0.1) is 12.7 Å². The van der Waals surface area contributed by atoms with Crippen LogP contribution in [0.4, 0.5) is 0 Å². The van der Waals surface area contributed by atoms with Gasteiger partial charge in [0.25, 0.3) is 0 Å². The van der Waals surface area contributed by atoms with Crippen molar-refractivity contribution >= 4 is 0 Å². The number of pyridine rings is 1. The molecule has 1 heterocycles. The van der Waals surface area contributed by atoms with Crippen molar-refractivity contribution in [1.29, 1.82) is 0 Å². The average Bonchev–Trinajstić information content (AvgIpc) is 2.48. The van der Waals surface area contributed by atoms with E-state index in [1.54, 1.807) is 13.3 Å². The number of nitrogens with one attached hydrogen (secondary N) is 1. The molecular weight excluding hydrogens is 252 g/mol. The van der Waals surface area contributed by atoms with E-state index in [1.807, 2.05) is 49.4 Å². The SMILES string of the molecule is COc1cc(CNCC(C)(O)c2ccccc2)ccn1. The van der Waals surface area contributed by atoms with E-state index in [0.29, 0.717) is 19.0 Å². The number of aromatic nitrogens is 1. The van der Waals surface area contributed by atoms with E-state index in [9.17, 15) is 5.11 Å². The molecule has 20 heavy (non-hydrogen) atoms. The fourth-order valence-corrected chi connectivity index (χ4v) is 2.02. The first-order chi connectivity index (χ1) is 9.62. The van der Waals surface area contributed by atoms with Gasteiger partial charge in [-0.1, -0.05) is 30.3 Å². The molecule has 0 aliphatic rings. The summed E-state index contributed by atoms with van der Waals surface area (Å²) in [5.74, 6) is 0.596. The Balaban J connectivity index is 1.92. The minimum absolute atomic E-state index is 0.474. The van der Waals surface area contributed by atoms with Gasteiger partial charge in [0.2, 0.25) is 5.88 Å². The van der Waals surface area contributed by atoms with Gasteiger partial charge in [0.15, 0.2) is 0 Å². The minimum atomic E-state index is -0.890. The van der Waals surface area contributed by atoms with Crippen molar-refractivity contribution in [3.05, 3.63) is 59.8 Å². The molecule has 0 saturated heterocycles. The summed E-state index contributed by atoms with van der Waals surface area (Å²) in [6.07, 6.45) is 1.71. The van der Waals surface area contributed by atoms with Gasteiger partial charge in [-0.25, -0.2) is 4.98 Å². The Morgan fingerprint density at radius 3 is 2.70 bits per heavy atom. The summed E-state index contributed by atoms with van der Waals surface area (Å²) in [7, 11) is 1.60. The van der Waals surface area contributed by atoms with Crippen LogP contribution >= 0.6 is 0 Å². The first-order valence-electron chi connectivity index (χ1n) is 6.59. The number of ether oxygens (including phenoxy) is 1. The smallest absolute Gasteiger partial charge is 0.213 e.